The smallest absolute Gasteiger partial charge is 0.243 e. The fourth-order valence-corrected chi connectivity index (χ4v) is 2.27. The molecule has 15 heavy (non-hydrogen) atoms. The molecule has 8 heteroatoms. The molecule has 1 heterocycles. The topological polar surface area (TPSA) is 91.9 Å². The van der Waals surface area contributed by atoms with Gasteiger partial charge in [0.25, 0.3) is 0 Å². The maximum absolute atomic E-state index is 11.6. The Morgan fingerprint density at radius 1 is 1.67 bits per heavy atom. The molecule has 86 valence electrons. The second-order valence-corrected chi connectivity index (χ2v) is 6.66. The van der Waals surface area contributed by atoms with Crippen LogP contribution in [0.2, 0.25) is 0 Å². The van der Waals surface area contributed by atoms with Crippen LogP contribution >= 0.6 is 0 Å². The molecule has 0 radical (unpaired) electrons. The summed E-state index contributed by atoms with van der Waals surface area (Å²) in [7, 11) is -4.57. The second kappa shape index (κ2) is 4.86. The van der Waals surface area contributed by atoms with Crippen LogP contribution in [0.25, 0.3) is 0 Å². The summed E-state index contributed by atoms with van der Waals surface area (Å²) in [6.07, 6.45) is 4.04. The summed E-state index contributed by atoms with van der Waals surface area (Å²) >= 11 is 0. The van der Waals surface area contributed by atoms with Crippen LogP contribution in [0.5, 0.6) is 0 Å². The molecular formula is C7H13N3O3S2. The van der Waals surface area contributed by atoms with E-state index in [4.69, 9.17) is 0 Å². The number of H-pyrrole nitrogens is 1. The molecule has 0 saturated carbocycles. The first-order valence-electron chi connectivity index (χ1n) is 4.24. The summed E-state index contributed by atoms with van der Waals surface area (Å²) < 4.78 is 36.5. The van der Waals surface area contributed by atoms with Gasteiger partial charge < -0.3 is 0 Å². The van der Waals surface area contributed by atoms with E-state index < -0.39 is 20.8 Å². The van der Waals surface area contributed by atoms with Gasteiger partial charge in [0.05, 0.1) is 6.20 Å². The number of hydrogen-bond acceptors (Lipinski definition) is 4. The van der Waals surface area contributed by atoms with Gasteiger partial charge in [-0.05, 0) is 6.92 Å². The van der Waals surface area contributed by atoms with Crippen molar-refractivity contribution in [3.63, 3.8) is 0 Å². The van der Waals surface area contributed by atoms with Gasteiger partial charge >= 0.3 is 0 Å². The van der Waals surface area contributed by atoms with Crippen molar-refractivity contribution in [2.45, 2.75) is 17.1 Å². The van der Waals surface area contributed by atoms with Crippen molar-refractivity contribution < 1.29 is 12.6 Å². The Bertz CT molecular complexity index is 426. The first-order chi connectivity index (χ1) is 6.93. The maximum Gasteiger partial charge on any atom is 0.243 e. The summed E-state index contributed by atoms with van der Waals surface area (Å²) in [4.78, 5) is 0.0802. The summed E-state index contributed by atoms with van der Waals surface area (Å²) in [6, 6.07) is 0. The molecule has 0 amide bonds. The van der Waals surface area contributed by atoms with Gasteiger partial charge in [-0.25, -0.2) is 13.1 Å². The zero-order valence-corrected chi connectivity index (χ0v) is 10.1. The van der Waals surface area contributed by atoms with Crippen molar-refractivity contribution in [2.24, 2.45) is 0 Å². The number of hydrogen-bond donors (Lipinski definition) is 2. The fourth-order valence-electron chi connectivity index (χ4n) is 0.814. The highest BCUT2D eigenvalue weighted by Crippen LogP contribution is 2.04. The van der Waals surface area contributed by atoms with E-state index in [2.05, 4.69) is 14.9 Å². The Kier molecular flexibility index (Phi) is 4.00. The maximum atomic E-state index is 11.6. The zero-order valence-electron chi connectivity index (χ0n) is 8.43. The average molecular weight is 251 g/mol. The van der Waals surface area contributed by atoms with E-state index in [-0.39, 0.29) is 16.7 Å². The van der Waals surface area contributed by atoms with Crippen molar-refractivity contribution in [1.82, 2.24) is 14.9 Å². The Labute approximate surface area is 91.0 Å². The van der Waals surface area contributed by atoms with Gasteiger partial charge in [-0.15, -0.1) is 0 Å². The van der Waals surface area contributed by atoms with Crippen molar-refractivity contribution in [1.29, 1.82) is 0 Å². The van der Waals surface area contributed by atoms with E-state index in [0.29, 0.717) is 0 Å². The zero-order chi connectivity index (χ0) is 11.5. The van der Waals surface area contributed by atoms with Crippen molar-refractivity contribution in [2.75, 3.05) is 12.8 Å². The largest absolute Gasteiger partial charge is 0.284 e. The molecule has 0 fully saturated rings. The quantitative estimate of drug-likeness (QED) is 0.735. The number of nitrogens with one attached hydrogen (secondary N) is 2. The van der Waals surface area contributed by atoms with Crippen LogP contribution in [0.3, 0.4) is 0 Å². The minimum atomic E-state index is -3.52. The highest BCUT2D eigenvalue weighted by Gasteiger charge is 2.16. The third-order valence-electron chi connectivity index (χ3n) is 1.91. The van der Waals surface area contributed by atoms with E-state index >= 15 is 0 Å². The van der Waals surface area contributed by atoms with Gasteiger partial charge in [0.2, 0.25) is 10.0 Å². The number of nitrogens with zero attached hydrogens (tertiary/aromatic N) is 1. The van der Waals surface area contributed by atoms with Gasteiger partial charge in [-0.2, -0.15) is 5.10 Å². The molecule has 1 aromatic heterocycles. The van der Waals surface area contributed by atoms with Crippen LogP contribution in [-0.4, -0.2) is 40.9 Å². The van der Waals surface area contributed by atoms with Crippen molar-refractivity contribution >= 4 is 20.8 Å². The molecule has 0 aliphatic heterocycles. The highest BCUT2D eigenvalue weighted by molar-refractivity contribution is 7.89. The minimum absolute atomic E-state index is 0.0802. The molecule has 2 atom stereocenters. The lowest BCUT2D eigenvalue weighted by atomic mass is 10.5. The normalized spacial score (nSPS) is 16.1. The molecule has 0 saturated heterocycles. The lowest BCUT2D eigenvalue weighted by Crippen LogP contribution is -2.32. The van der Waals surface area contributed by atoms with Gasteiger partial charge in [-0.1, -0.05) is 0 Å². The first kappa shape index (κ1) is 12.3. The molecule has 1 aromatic rings. The number of rotatable bonds is 5. The van der Waals surface area contributed by atoms with Gasteiger partial charge in [0, 0.05) is 35.0 Å². The fraction of sp³-hybridized carbons (Fsp3) is 0.571. The van der Waals surface area contributed by atoms with E-state index in [0.717, 1.165) is 0 Å². The first-order valence-corrected chi connectivity index (χ1v) is 7.34. The Morgan fingerprint density at radius 3 is 2.80 bits per heavy atom. The van der Waals surface area contributed by atoms with E-state index in [1.165, 1.54) is 18.6 Å². The molecule has 0 bridgehead atoms. The molecule has 1 rings (SSSR count). The average Bonchev–Trinajstić information content (AvgIpc) is 2.67. The number of aromatic amines is 1. The lowest BCUT2D eigenvalue weighted by Gasteiger charge is -2.09. The predicted molar refractivity (Wildman–Crippen MR) is 57.3 cm³/mol. The van der Waals surface area contributed by atoms with Gasteiger partial charge in [0.15, 0.2) is 0 Å². The van der Waals surface area contributed by atoms with Crippen LogP contribution in [-0.2, 0) is 20.8 Å². The standard InChI is InChI=1S/C7H13N3O3S2/c1-6(14(2)11)3-10-15(12,13)7-4-8-9-5-7/h4-6,10H,3H2,1-2H3,(H,8,9). The Hall–Kier alpha value is -0.730. The molecule has 2 unspecified atom stereocenters. The lowest BCUT2D eigenvalue weighted by molar-refractivity contribution is 0.580. The van der Waals surface area contributed by atoms with Crippen LogP contribution in [0.1, 0.15) is 6.92 Å². The Balaban J connectivity index is 2.63. The SMILES string of the molecule is CC(CNS(=O)(=O)c1cn[nH]c1)S(C)=O. The minimum Gasteiger partial charge on any atom is -0.284 e. The number of aromatic nitrogens is 2. The Morgan fingerprint density at radius 2 is 2.33 bits per heavy atom. The molecule has 0 aromatic carbocycles. The van der Waals surface area contributed by atoms with Crippen LogP contribution in [0.15, 0.2) is 17.3 Å². The monoisotopic (exact) mass is 251 g/mol. The van der Waals surface area contributed by atoms with E-state index in [9.17, 15) is 12.6 Å². The molecule has 0 spiro atoms. The third kappa shape index (κ3) is 3.40. The molecule has 6 nitrogen and oxygen atoms in total. The van der Waals surface area contributed by atoms with Crippen LogP contribution < -0.4 is 4.72 Å². The summed E-state index contributed by atoms with van der Waals surface area (Å²) in [5, 5.41) is 5.75. The predicted octanol–water partition coefficient (Wildman–Crippen LogP) is -0.545. The molecule has 0 aliphatic rings. The summed E-state index contributed by atoms with van der Waals surface area (Å²) in [5.41, 5.74) is 0. The van der Waals surface area contributed by atoms with Crippen LogP contribution in [0, 0.1) is 0 Å². The van der Waals surface area contributed by atoms with Crippen molar-refractivity contribution in [3.05, 3.63) is 12.4 Å². The van der Waals surface area contributed by atoms with Gasteiger partial charge in [0.1, 0.15) is 4.90 Å². The number of sulfonamides is 1. The molecule has 2 N–H and O–H groups in total. The summed E-state index contributed by atoms with van der Waals surface area (Å²) in [5.74, 6) is 0. The van der Waals surface area contributed by atoms with Crippen LogP contribution in [0.4, 0.5) is 0 Å². The highest BCUT2D eigenvalue weighted by atomic mass is 32.2. The molecular weight excluding hydrogens is 238 g/mol. The third-order valence-corrected chi connectivity index (χ3v) is 4.60. The second-order valence-electron chi connectivity index (χ2n) is 3.10. The summed E-state index contributed by atoms with van der Waals surface area (Å²) in [6.45, 7) is 1.87. The van der Waals surface area contributed by atoms with E-state index in [1.54, 1.807) is 6.92 Å². The van der Waals surface area contributed by atoms with E-state index in [1.807, 2.05) is 0 Å². The van der Waals surface area contributed by atoms with Crippen molar-refractivity contribution in [3.8, 4) is 0 Å². The van der Waals surface area contributed by atoms with Gasteiger partial charge in [-0.3, -0.25) is 9.31 Å². The molecule has 0 aliphatic carbocycles.